The molecular formula is C22H30N4O2. The number of hydrogen-bond donors (Lipinski definition) is 1. The SMILES string of the molecule is COc1ccc(C)cc1C1(CNc2cc(N3CCCC3)ncn2)CCOCC1. The number of hydrogen-bond acceptors (Lipinski definition) is 6. The molecule has 4 rings (SSSR count). The molecule has 0 radical (unpaired) electrons. The van der Waals surface area contributed by atoms with Gasteiger partial charge in [0.1, 0.15) is 23.7 Å². The van der Waals surface area contributed by atoms with Gasteiger partial charge in [0.15, 0.2) is 0 Å². The summed E-state index contributed by atoms with van der Waals surface area (Å²) in [6.07, 6.45) is 6.07. The summed E-state index contributed by atoms with van der Waals surface area (Å²) in [5.41, 5.74) is 2.48. The molecule has 0 saturated carbocycles. The highest BCUT2D eigenvalue weighted by Gasteiger charge is 2.37. The van der Waals surface area contributed by atoms with Crippen LogP contribution in [0.3, 0.4) is 0 Å². The van der Waals surface area contributed by atoms with Gasteiger partial charge in [-0.15, -0.1) is 0 Å². The minimum absolute atomic E-state index is 0.0334. The van der Waals surface area contributed by atoms with Gasteiger partial charge >= 0.3 is 0 Å². The van der Waals surface area contributed by atoms with Crippen molar-refractivity contribution in [2.24, 2.45) is 0 Å². The Labute approximate surface area is 167 Å². The van der Waals surface area contributed by atoms with Crippen molar-refractivity contribution in [3.05, 3.63) is 41.7 Å². The number of aromatic nitrogens is 2. The maximum Gasteiger partial charge on any atom is 0.134 e. The minimum Gasteiger partial charge on any atom is -0.496 e. The molecule has 0 bridgehead atoms. The van der Waals surface area contributed by atoms with Crippen molar-refractivity contribution < 1.29 is 9.47 Å². The average molecular weight is 383 g/mol. The Hall–Kier alpha value is -2.34. The zero-order valence-electron chi connectivity index (χ0n) is 16.9. The fourth-order valence-electron chi connectivity index (χ4n) is 4.36. The lowest BCUT2D eigenvalue weighted by molar-refractivity contribution is 0.0535. The van der Waals surface area contributed by atoms with E-state index in [0.29, 0.717) is 0 Å². The maximum atomic E-state index is 5.72. The van der Waals surface area contributed by atoms with E-state index in [1.807, 2.05) is 0 Å². The summed E-state index contributed by atoms with van der Waals surface area (Å²) >= 11 is 0. The van der Waals surface area contributed by atoms with Crippen LogP contribution in [0.25, 0.3) is 0 Å². The summed E-state index contributed by atoms with van der Waals surface area (Å²) in [7, 11) is 1.75. The molecule has 2 saturated heterocycles. The molecule has 0 aliphatic carbocycles. The van der Waals surface area contributed by atoms with Gasteiger partial charge in [-0.25, -0.2) is 9.97 Å². The number of nitrogens with zero attached hydrogens (tertiary/aromatic N) is 3. The Morgan fingerprint density at radius 3 is 2.68 bits per heavy atom. The van der Waals surface area contributed by atoms with Crippen LogP contribution in [-0.2, 0) is 10.2 Å². The van der Waals surface area contributed by atoms with E-state index >= 15 is 0 Å². The summed E-state index contributed by atoms with van der Waals surface area (Å²) in [5.74, 6) is 2.85. The molecule has 0 unspecified atom stereocenters. The number of rotatable bonds is 6. The highest BCUT2D eigenvalue weighted by molar-refractivity contribution is 5.50. The highest BCUT2D eigenvalue weighted by Crippen LogP contribution is 2.40. The topological polar surface area (TPSA) is 59.5 Å². The van der Waals surface area contributed by atoms with Crippen molar-refractivity contribution >= 4 is 11.6 Å². The van der Waals surface area contributed by atoms with Crippen molar-refractivity contribution in [2.45, 2.75) is 38.0 Å². The fourth-order valence-corrected chi connectivity index (χ4v) is 4.36. The monoisotopic (exact) mass is 382 g/mol. The lowest BCUT2D eigenvalue weighted by Gasteiger charge is -2.39. The van der Waals surface area contributed by atoms with Crippen LogP contribution in [-0.4, -0.2) is 49.9 Å². The van der Waals surface area contributed by atoms with Crippen LogP contribution in [0.1, 0.15) is 36.8 Å². The largest absolute Gasteiger partial charge is 0.496 e. The molecule has 1 aromatic heterocycles. The molecule has 150 valence electrons. The summed E-state index contributed by atoms with van der Waals surface area (Å²) in [6, 6.07) is 8.53. The summed E-state index contributed by atoms with van der Waals surface area (Å²) < 4.78 is 11.4. The Bertz CT molecular complexity index is 799. The number of nitrogens with one attached hydrogen (secondary N) is 1. The zero-order chi connectivity index (χ0) is 19.4. The van der Waals surface area contributed by atoms with E-state index in [2.05, 4.69) is 51.4 Å². The number of methoxy groups -OCH3 is 1. The van der Waals surface area contributed by atoms with Gasteiger partial charge in [-0.05, 0) is 38.7 Å². The molecule has 1 aromatic carbocycles. The second-order valence-corrected chi connectivity index (χ2v) is 7.91. The zero-order valence-corrected chi connectivity index (χ0v) is 16.9. The van der Waals surface area contributed by atoms with Gasteiger partial charge in [-0.3, -0.25) is 0 Å². The normalized spacial score (nSPS) is 18.9. The predicted molar refractivity (Wildman–Crippen MR) is 111 cm³/mol. The van der Waals surface area contributed by atoms with Crippen LogP contribution in [0, 0.1) is 6.92 Å². The standard InChI is InChI=1S/C22H30N4O2/c1-17-5-6-19(27-2)18(13-17)22(7-11-28-12-8-22)15-23-20-14-21(25-16-24-20)26-9-3-4-10-26/h5-6,13-14,16H,3-4,7-12,15H2,1-2H3,(H,23,24,25). The average Bonchev–Trinajstić information content (AvgIpc) is 3.28. The van der Waals surface area contributed by atoms with Crippen LogP contribution < -0.4 is 15.0 Å². The first-order valence-electron chi connectivity index (χ1n) is 10.2. The first kappa shape index (κ1) is 19.0. The van der Waals surface area contributed by atoms with E-state index in [4.69, 9.17) is 9.47 Å². The molecule has 2 aromatic rings. The third kappa shape index (κ3) is 3.92. The van der Waals surface area contributed by atoms with Crippen molar-refractivity contribution in [1.29, 1.82) is 0 Å². The number of ether oxygens (including phenoxy) is 2. The van der Waals surface area contributed by atoms with Crippen LogP contribution >= 0.6 is 0 Å². The van der Waals surface area contributed by atoms with Crippen LogP contribution in [0.2, 0.25) is 0 Å². The van der Waals surface area contributed by atoms with Crippen molar-refractivity contribution in [2.75, 3.05) is 50.2 Å². The highest BCUT2D eigenvalue weighted by atomic mass is 16.5. The Kier molecular flexibility index (Phi) is 5.67. The lowest BCUT2D eigenvalue weighted by Crippen LogP contribution is -2.40. The van der Waals surface area contributed by atoms with Gasteiger partial charge in [-0.1, -0.05) is 17.7 Å². The summed E-state index contributed by atoms with van der Waals surface area (Å²) in [6.45, 7) is 6.63. The van der Waals surface area contributed by atoms with E-state index in [1.54, 1.807) is 13.4 Å². The summed E-state index contributed by atoms with van der Waals surface area (Å²) in [5, 5.41) is 3.60. The molecule has 2 aliphatic rings. The second-order valence-electron chi connectivity index (χ2n) is 7.91. The maximum absolute atomic E-state index is 5.72. The van der Waals surface area contributed by atoms with Crippen LogP contribution in [0.15, 0.2) is 30.6 Å². The molecular weight excluding hydrogens is 352 g/mol. The molecule has 3 heterocycles. The van der Waals surface area contributed by atoms with Gasteiger partial charge in [0.05, 0.1) is 7.11 Å². The Morgan fingerprint density at radius 2 is 1.93 bits per heavy atom. The first-order chi connectivity index (χ1) is 13.7. The van der Waals surface area contributed by atoms with Gasteiger partial charge in [-0.2, -0.15) is 0 Å². The minimum atomic E-state index is -0.0334. The van der Waals surface area contributed by atoms with Crippen molar-refractivity contribution in [3.8, 4) is 5.75 Å². The summed E-state index contributed by atoms with van der Waals surface area (Å²) in [4.78, 5) is 11.3. The predicted octanol–water partition coefficient (Wildman–Crippen LogP) is 3.55. The third-order valence-corrected chi connectivity index (χ3v) is 6.07. The molecule has 0 amide bonds. The van der Waals surface area contributed by atoms with Gasteiger partial charge in [0.25, 0.3) is 0 Å². The number of aryl methyl sites for hydroxylation is 1. The number of benzene rings is 1. The van der Waals surface area contributed by atoms with Crippen LogP contribution in [0.4, 0.5) is 11.6 Å². The van der Waals surface area contributed by atoms with E-state index < -0.39 is 0 Å². The molecule has 6 heteroatoms. The van der Waals surface area contributed by atoms with E-state index in [0.717, 1.165) is 63.1 Å². The molecule has 2 aliphatic heterocycles. The second kappa shape index (κ2) is 8.35. The van der Waals surface area contributed by atoms with Crippen LogP contribution in [0.5, 0.6) is 5.75 Å². The Balaban J connectivity index is 1.58. The van der Waals surface area contributed by atoms with Gasteiger partial charge in [0.2, 0.25) is 0 Å². The number of anilines is 2. The first-order valence-corrected chi connectivity index (χ1v) is 10.2. The molecule has 6 nitrogen and oxygen atoms in total. The third-order valence-electron chi connectivity index (χ3n) is 6.07. The van der Waals surface area contributed by atoms with Gasteiger partial charge in [0, 0.05) is 49.9 Å². The Morgan fingerprint density at radius 1 is 1.14 bits per heavy atom. The molecule has 28 heavy (non-hydrogen) atoms. The van der Waals surface area contributed by atoms with E-state index in [-0.39, 0.29) is 5.41 Å². The quantitative estimate of drug-likeness (QED) is 0.824. The smallest absolute Gasteiger partial charge is 0.134 e. The van der Waals surface area contributed by atoms with Crippen molar-refractivity contribution in [3.63, 3.8) is 0 Å². The van der Waals surface area contributed by atoms with Crippen molar-refractivity contribution in [1.82, 2.24) is 9.97 Å². The molecule has 1 N–H and O–H groups in total. The molecule has 0 atom stereocenters. The molecule has 0 spiro atoms. The molecule has 2 fully saturated rings. The van der Waals surface area contributed by atoms with E-state index in [1.165, 1.54) is 24.0 Å². The van der Waals surface area contributed by atoms with E-state index in [9.17, 15) is 0 Å². The fraction of sp³-hybridized carbons (Fsp3) is 0.545. The van der Waals surface area contributed by atoms with Gasteiger partial charge < -0.3 is 19.7 Å². The lowest BCUT2D eigenvalue weighted by atomic mass is 9.73.